The molecule has 0 bridgehead atoms. The number of nitrogens with zero attached hydrogens (tertiary/aromatic N) is 4. The van der Waals surface area contributed by atoms with Gasteiger partial charge >= 0.3 is 0 Å². The predicted octanol–water partition coefficient (Wildman–Crippen LogP) is 3.61. The molecule has 1 heterocycles. The number of nitrogens with one attached hydrogen (secondary N) is 1. The van der Waals surface area contributed by atoms with Crippen LogP contribution in [0.2, 0.25) is 0 Å². The molecular formula is C23H19F2N5O2. The van der Waals surface area contributed by atoms with Gasteiger partial charge in [0.2, 0.25) is 5.82 Å². The van der Waals surface area contributed by atoms with Crippen molar-refractivity contribution >= 4 is 5.91 Å². The van der Waals surface area contributed by atoms with Crippen LogP contribution in [0, 0.1) is 11.6 Å². The van der Waals surface area contributed by atoms with E-state index < -0.39 is 17.5 Å². The standard InChI is InChI=1S/C23H19F2N5O2/c1-32-19-10-8-15(9-11-19)14-30-28-22(27-29-30)16-4-2-5-17(12-16)23(31)26-13-18-6-3-7-20(24)21(18)25/h2-12H,13-14H2,1H3,(H,26,31). The van der Waals surface area contributed by atoms with E-state index in [0.29, 0.717) is 23.5 Å². The molecule has 0 aliphatic rings. The number of rotatable bonds is 7. The molecule has 162 valence electrons. The Bertz CT molecular complexity index is 1240. The van der Waals surface area contributed by atoms with Crippen LogP contribution in [0.25, 0.3) is 11.4 Å². The molecule has 0 aliphatic carbocycles. The van der Waals surface area contributed by atoms with Crippen molar-refractivity contribution in [2.24, 2.45) is 0 Å². The van der Waals surface area contributed by atoms with Crippen molar-refractivity contribution < 1.29 is 18.3 Å². The van der Waals surface area contributed by atoms with Gasteiger partial charge in [-0.15, -0.1) is 10.2 Å². The number of halogens is 2. The minimum absolute atomic E-state index is 0.0673. The SMILES string of the molecule is COc1ccc(Cn2nnc(-c3cccc(C(=O)NCc4cccc(F)c4F)c3)n2)cc1. The fourth-order valence-corrected chi connectivity index (χ4v) is 3.08. The van der Waals surface area contributed by atoms with Gasteiger partial charge in [0.15, 0.2) is 11.6 Å². The number of amides is 1. The molecule has 4 rings (SSSR count). The summed E-state index contributed by atoms with van der Waals surface area (Å²) >= 11 is 0. The molecule has 0 aliphatic heterocycles. The second-order valence-corrected chi connectivity index (χ2v) is 6.97. The largest absolute Gasteiger partial charge is 0.497 e. The van der Waals surface area contributed by atoms with Gasteiger partial charge in [0.1, 0.15) is 5.75 Å². The number of hydrogen-bond donors (Lipinski definition) is 1. The number of hydrogen-bond acceptors (Lipinski definition) is 5. The highest BCUT2D eigenvalue weighted by Crippen LogP contribution is 2.17. The van der Waals surface area contributed by atoms with Crippen LogP contribution in [0.1, 0.15) is 21.5 Å². The molecule has 0 spiro atoms. The van der Waals surface area contributed by atoms with Crippen LogP contribution in [-0.2, 0) is 13.1 Å². The summed E-state index contributed by atoms with van der Waals surface area (Å²) in [5.74, 6) is -1.23. The van der Waals surface area contributed by atoms with E-state index in [9.17, 15) is 13.6 Å². The molecule has 0 fully saturated rings. The van der Waals surface area contributed by atoms with Crippen LogP contribution in [0.5, 0.6) is 5.75 Å². The van der Waals surface area contributed by atoms with E-state index in [1.807, 2.05) is 24.3 Å². The van der Waals surface area contributed by atoms with Crippen molar-refractivity contribution in [3.8, 4) is 17.1 Å². The molecule has 7 nitrogen and oxygen atoms in total. The van der Waals surface area contributed by atoms with Crippen molar-refractivity contribution in [3.63, 3.8) is 0 Å². The fourth-order valence-electron chi connectivity index (χ4n) is 3.08. The van der Waals surface area contributed by atoms with Gasteiger partial charge in [-0.2, -0.15) is 4.80 Å². The van der Waals surface area contributed by atoms with Gasteiger partial charge in [-0.25, -0.2) is 8.78 Å². The highest BCUT2D eigenvalue weighted by atomic mass is 19.2. The number of ether oxygens (including phenoxy) is 1. The van der Waals surface area contributed by atoms with Crippen molar-refractivity contribution in [1.29, 1.82) is 0 Å². The maximum atomic E-state index is 13.8. The molecular weight excluding hydrogens is 416 g/mol. The van der Waals surface area contributed by atoms with E-state index in [4.69, 9.17) is 4.74 Å². The summed E-state index contributed by atoms with van der Waals surface area (Å²) in [7, 11) is 1.61. The molecule has 32 heavy (non-hydrogen) atoms. The summed E-state index contributed by atoms with van der Waals surface area (Å²) in [6, 6.07) is 18.0. The third-order valence-electron chi connectivity index (χ3n) is 4.79. The predicted molar refractivity (Wildman–Crippen MR) is 113 cm³/mol. The number of methoxy groups -OCH3 is 1. The Balaban J connectivity index is 1.44. The first-order valence-corrected chi connectivity index (χ1v) is 9.76. The summed E-state index contributed by atoms with van der Waals surface area (Å²) in [6.07, 6.45) is 0. The zero-order valence-corrected chi connectivity index (χ0v) is 17.1. The van der Waals surface area contributed by atoms with Gasteiger partial charge in [-0.1, -0.05) is 36.4 Å². The summed E-state index contributed by atoms with van der Waals surface area (Å²) in [5.41, 5.74) is 1.99. The number of tetrazole rings is 1. The van der Waals surface area contributed by atoms with Crippen LogP contribution in [0.15, 0.2) is 66.7 Å². The third-order valence-corrected chi connectivity index (χ3v) is 4.79. The lowest BCUT2D eigenvalue weighted by molar-refractivity contribution is 0.0950. The summed E-state index contributed by atoms with van der Waals surface area (Å²) < 4.78 is 32.3. The van der Waals surface area contributed by atoms with Gasteiger partial charge in [0.25, 0.3) is 5.91 Å². The van der Waals surface area contributed by atoms with Crippen molar-refractivity contribution in [2.45, 2.75) is 13.1 Å². The number of benzene rings is 3. The Hall–Kier alpha value is -4.14. The lowest BCUT2D eigenvalue weighted by atomic mass is 10.1. The molecule has 1 aromatic heterocycles. The molecule has 9 heteroatoms. The average molecular weight is 435 g/mol. The lowest BCUT2D eigenvalue weighted by Gasteiger charge is -2.07. The van der Waals surface area contributed by atoms with Crippen molar-refractivity contribution in [2.75, 3.05) is 7.11 Å². The topological polar surface area (TPSA) is 81.9 Å². The smallest absolute Gasteiger partial charge is 0.251 e. The lowest BCUT2D eigenvalue weighted by Crippen LogP contribution is -2.23. The molecule has 1 N–H and O–H groups in total. The van der Waals surface area contributed by atoms with E-state index in [1.54, 1.807) is 31.4 Å². The molecule has 0 saturated heterocycles. The van der Waals surface area contributed by atoms with Gasteiger partial charge in [-0.3, -0.25) is 4.79 Å². The Morgan fingerprint density at radius 3 is 2.62 bits per heavy atom. The van der Waals surface area contributed by atoms with Crippen molar-refractivity contribution in [3.05, 3.63) is 95.1 Å². The summed E-state index contributed by atoms with van der Waals surface area (Å²) in [4.78, 5) is 14.0. The van der Waals surface area contributed by atoms with E-state index in [0.717, 1.165) is 17.4 Å². The number of carbonyl (C=O) groups excluding carboxylic acids is 1. The first-order valence-electron chi connectivity index (χ1n) is 9.76. The van der Waals surface area contributed by atoms with Gasteiger partial charge in [-0.05, 0) is 41.1 Å². The van der Waals surface area contributed by atoms with Crippen LogP contribution < -0.4 is 10.1 Å². The van der Waals surface area contributed by atoms with Crippen LogP contribution >= 0.6 is 0 Å². The highest BCUT2D eigenvalue weighted by molar-refractivity contribution is 5.95. The molecule has 3 aromatic carbocycles. The molecule has 0 unspecified atom stereocenters. The third kappa shape index (κ3) is 4.77. The number of aromatic nitrogens is 4. The van der Waals surface area contributed by atoms with Crippen LogP contribution in [0.4, 0.5) is 8.78 Å². The molecule has 0 saturated carbocycles. The Kier molecular flexibility index (Phi) is 6.16. The monoisotopic (exact) mass is 435 g/mol. The first-order chi connectivity index (χ1) is 15.5. The Labute approximate surface area is 182 Å². The summed E-state index contributed by atoms with van der Waals surface area (Å²) in [6.45, 7) is 0.291. The zero-order chi connectivity index (χ0) is 22.5. The van der Waals surface area contributed by atoms with E-state index in [-0.39, 0.29) is 12.1 Å². The maximum Gasteiger partial charge on any atom is 0.251 e. The highest BCUT2D eigenvalue weighted by Gasteiger charge is 2.13. The minimum Gasteiger partial charge on any atom is -0.497 e. The minimum atomic E-state index is -0.973. The Morgan fingerprint density at radius 1 is 1.06 bits per heavy atom. The fraction of sp³-hybridized carbons (Fsp3) is 0.130. The van der Waals surface area contributed by atoms with E-state index in [2.05, 4.69) is 20.7 Å². The normalized spacial score (nSPS) is 10.7. The van der Waals surface area contributed by atoms with Crippen LogP contribution in [-0.4, -0.2) is 33.2 Å². The van der Waals surface area contributed by atoms with Gasteiger partial charge in [0, 0.05) is 23.2 Å². The van der Waals surface area contributed by atoms with E-state index >= 15 is 0 Å². The van der Waals surface area contributed by atoms with E-state index in [1.165, 1.54) is 16.9 Å². The molecule has 1 amide bonds. The second-order valence-electron chi connectivity index (χ2n) is 6.97. The van der Waals surface area contributed by atoms with Gasteiger partial charge < -0.3 is 10.1 Å². The zero-order valence-electron chi connectivity index (χ0n) is 17.1. The second kappa shape index (κ2) is 9.34. The Morgan fingerprint density at radius 2 is 1.84 bits per heavy atom. The van der Waals surface area contributed by atoms with Crippen molar-refractivity contribution in [1.82, 2.24) is 25.5 Å². The van der Waals surface area contributed by atoms with Gasteiger partial charge in [0.05, 0.1) is 13.7 Å². The summed E-state index contributed by atoms with van der Waals surface area (Å²) in [5, 5.41) is 15.1. The maximum absolute atomic E-state index is 13.8. The molecule has 0 radical (unpaired) electrons. The first kappa shape index (κ1) is 21.1. The quantitative estimate of drug-likeness (QED) is 0.480. The molecule has 0 atom stereocenters. The number of carbonyl (C=O) groups is 1. The molecule has 4 aromatic rings. The average Bonchev–Trinajstić information content (AvgIpc) is 3.29. The van der Waals surface area contributed by atoms with Crippen LogP contribution in [0.3, 0.4) is 0 Å².